The predicted molar refractivity (Wildman–Crippen MR) is 84.4 cm³/mol. The van der Waals surface area contributed by atoms with Gasteiger partial charge in [0.15, 0.2) is 5.69 Å². The van der Waals surface area contributed by atoms with Gasteiger partial charge in [-0.15, -0.1) is 0 Å². The molecular weight excluding hydrogens is 264 g/mol. The fourth-order valence-electron chi connectivity index (χ4n) is 2.05. The van der Waals surface area contributed by atoms with E-state index in [1.54, 1.807) is 10.7 Å². The first-order valence-electron chi connectivity index (χ1n) is 7.06. The molecule has 1 amide bonds. The zero-order valence-electron chi connectivity index (χ0n) is 13.0. The molecular formula is C16H22N4O. The Morgan fingerprint density at radius 3 is 2.62 bits per heavy atom. The lowest BCUT2D eigenvalue weighted by atomic mass is 10.1. The van der Waals surface area contributed by atoms with Crippen molar-refractivity contribution in [2.45, 2.75) is 26.4 Å². The van der Waals surface area contributed by atoms with Gasteiger partial charge in [0.1, 0.15) is 0 Å². The van der Waals surface area contributed by atoms with Crippen LogP contribution < -0.4 is 5.32 Å². The maximum absolute atomic E-state index is 12.3. The first-order valence-corrected chi connectivity index (χ1v) is 7.06. The minimum absolute atomic E-state index is 0.180. The van der Waals surface area contributed by atoms with Crippen LogP contribution in [0.2, 0.25) is 0 Å². The first kappa shape index (κ1) is 15.3. The number of aromatic nitrogens is 2. The van der Waals surface area contributed by atoms with Gasteiger partial charge in [0, 0.05) is 24.5 Å². The molecule has 0 atom stereocenters. The lowest BCUT2D eigenvalue weighted by Crippen LogP contribution is -2.17. The fourth-order valence-corrected chi connectivity index (χ4v) is 2.05. The second kappa shape index (κ2) is 6.54. The second-order valence-corrected chi connectivity index (χ2v) is 5.62. The minimum atomic E-state index is -0.180. The van der Waals surface area contributed by atoms with Gasteiger partial charge in [-0.1, -0.05) is 18.2 Å². The van der Waals surface area contributed by atoms with Crippen molar-refractivity contribution in [3.63, 3.8) is 0 Å². The Labute approximate surface area is 125 Å². The number of nitrogens with one attached hydrogen (secondary N) is 1. The summed E-state index contributed by atoms with van der Waals surface area (Å²) < 4.78 is 1.78. The lowest BCUT2D eigenvalue weighted by molar-refractivity contribution is 0.102. The average molecular weight is 286 g/mol. The quantitative estimate of drug-likeness (QED) is 0.919. The van der Waals surface area contributed by atoms with Crippen LogP contribution in [0.3, 0.4) is 0 Å². The van der Waals surface area contributed by atoms with Crippen LogP contribution in [0.15, 0.2) is 36.5 Å². The highest BCUT2D eigenvalue weighted by Gasteiger charge is 2.12. The van der Waals surface area contributed by atoms with E-state index in [-0.39, 0.29) is 11.9 Å². The molecule has 0 spiro atoms. The zero-order chi connectivity index (χ0) is 15.4. The second-order valence-electron chi connectivity index (χ2n) is 5.62. The Kier molecular flexibility index (Phi) is 4.75. The van der Waals surface area contributed by atoms with Crippen LogP contribution in [0.5, 0.6) is 0 Å². The van der Waals surface area contributed by atoms with Gasteiger partial charge in [0.2, 0.25) is 0 Å². The molecule has 2 rings (SSSR count). The molecule has 1 N–H and O–H groups in total. The van der Waals surface area contributed by atoms with Gasteiger partial charge in [-0.3, -0.25) is 9.48 Å². The molecule has 0 saturated heterocycles. The maximum Gasteiger partial charge on any atom is 0.276 e. The van der Waals surface area contributed by atoms with E-state index in [9.17, 15) is 4.79 Å². The van der Waals surface area contributed by atoms with Crippen LogP contribution in [0.4, 0.5) is 5.69 Å². The van der Waals surface area contributed by atoms with Gasteiger partial charge in [0.05, 0.1) is 0 Å². The van der Waals surface area contributed by atoms with Gasteiger partial charge in [-0.25, -0.2) is 0 Å². The summed E-state index contributed by atoms with van der Waals surface area (Å²) in [4.78, 5) is 14.4. The lowest BCUT2D eigenvalue weighted by Gasteiger charge is -2.14. The van der Waals surface area contributed by atoms with Crippen LogP contribution in [0.25, 0.3) is 0 Å². The third-order valence-corrected chi connectivity index (χ3v) is 3.12. The maximum atomic E-state index is 12.3. The number of hydrogen-bond acceptors (Lipinski definition) is 3. The monoisotopic (exact) mass is 286 g/mol. The number of para-hydroxylation sites is 1. The standard InChI is InChI=1S/C16H22N4O/c1-12(2)20-10-9-15(18-20)16(21)17-14-8-6-5-7-13(14)11-19(3)4/h5-10,12H,11H2,1-4H3,(H,17,21). The molecule has 0 unspecified atom stereocenters. The number of amides is 1. The van der Waals surface area contributed by atoms with Gasteiger partial charge in [0.25, 0.3) is 5.91 Å². The molecule has 0 aliphatic carbocycles. The number of hydrogen-bond donors (Lipinski definition) is 1. The molecule has 0 aliphatic rings. The minimum Gasteiger partial charge on any atom is -0.320 e. The van der Waals surface area contributed by atoms with Crippen molar-refractivity contribution in [2.75, 3.05) is 19.4 Å². The summed E-state index contributed by atoms with van der Waals surface area (Å²) in [6.07, 6.45) is 1.82. The molecule has 0 bridgehead atoms. The number of benzene rings is 1. The van der Waals surface area contributed by atoms with Crippen molar-refractivity contribution < 1.29 is 4.79 Å². The fraction of sp³-hybridized carbons (Fsp3) is 0.375. The van der Waals surface area contributed by atoms with E-state index in [4.69, 9.17) is 0 Å². The summed E-state index contributed by atoms with van der Waals surface area (Å²) >= 11 is 0. The Bertz CT molecular complexity index is 616. The highest BCUT2D eigenvalue weighted by molar-refractivity contribution is 6.03. The molecule has 1 aromatic heterocycles. The molecule has 5 heteroatoms. The van der Waals surface area contributed by atoms with E-state index in [0.717, 1.165) is 17.8 Å². The zero-order valence-corrected chi connectivity index (χ0v) is 13.0. The van der Waals surface area contributed by atoms with E-state index in [0.29, 0.717) is 5.69 Å². The van der Waals surface area contributed by atoms with Crippen molar-refractivity contribution in [2.24, 2.45) is 0 Å². The van der Waals surface area contributed by atoms with Crippen LogP contribution in [-0.4, -0.2) is 34.7 Å². The number of nitrogens with zero attached hydrogens (tertiary/aromatic N) is 3. The van der Waals surface area contributed by atoms with Crippen LogP contribution in [0.1, 0.15) is 35.9 Å². The Morgan fingerprint density at radius 1 is 1.29 bits per heavy atom. The number of rotatable bonds is 5. The summed E-state index contributed by atoms with van der Waals surface area (Å²) in [6.45, 7) is 4.83. The molecule has 2 aromatic rings. The van der Waals surface area contributed by atoms with Crippen LogP contribution in [0, 0.1) is 0 Å². The highest BCUT2D eigenvalue weighted by Crippen LogP contribution is 2.17. The van der Waals surface area contributed by atoms with Crippen molar-refractivity contribution >= 4 is 11.6 Å². The van der Waals surface area contributed by atoms with Crippen molar-refractivity contribution in [1.82, 2.24) is 14.7 Å². The van der Waals surface area contributed by atoms with Crippen molar-refractivity contribution in [3.8, 4) is 0 Å². The predicted octanol–water partition coefficient (Wildman–Crippen LogP) is 2.78. The summed E-state index contributed by atoms with van der Waals surface area (Å²) in [6, 6.07) is 9.80. The average Bonchev–Trinajstić information content (AvgIpc) is 2.90. The normalized spacial score (nSPS) is 11.1. The largest absolute Gasteiger partial charge is 0.320 e. The Hall–Kier alpha value is -2.14. The molecule has 0 saturated carbocycles. The number of carbonyl (C=O) groups is 1. The summed E-state index contributed by atoms with van der Waals surface area (Å²) in [5, 5.41) is 7.23. The van der Waals surface area contributed by atoms with Gasteiger partial charge < -0.3 is 10.2 Å². The smallest absolute Gasteiger partial charge is 0.276 e. The van der Waals surface area contributed by atoms with Gasteiger partial charge >= 0.3 is 0 Å². The molecule has 21 heavy (non-hydrogen) atoms. The van der Waals surface area contributed by atoms with Gasteiger partial charge in [-0.05, 0) is 45.6 Å². The molecule has 1 heterocycles. The summed E-state index contributed by atoms with van der Waals surface area (Å²) in [5.74, 6) is -0.180. The van der Waals surface area contributed by atoms with Gasteiger partial charge in [-0.2, -0.15) is 5.10 Å². The Balaban J connectivity index is 2.15. The number of carbonyl (C=O) groups excluding carboxylic acids is 1. The summed E-state index contributed by atoms with van der Waals surface area (Å²) in [5.41, 5.74) is 2.35. The van der Waals surface area contributed by atoms with E-state index in [2.05, 4.69) is 15.3 Å². The topological polar surface area (TPSA) is 50.2 Å². The molecule has 1 aromatic carbocycles. The molecule has 0 fully saturated rings. The molecule has 112 valence electrons. The van der Waals surface area contributed by atoms with E-state index >= 15 is 0 Å². The SMILES string of the molecule is CC(C)n1ccc(C(=O)Nc2ccccc2CN(C)C)n1. The Morgan fingerprint density at radius 2 is 2.00 bits per heavy atom. The third-order valence-electron chi connectivity index (χ3n) is 3.12. The summed E-state index contributed by atoms with van der Waals surface area (Å²) in [7, 11) is 4.01. The van der Waals surface area contributed by atoms with E-state index in [1.807, 2.05) is 58.4 Å². The molecule has 0 radical (unpaired) electrons. The third kappa shape index (κ3) is 3.92. The van der Waals surface area contributed by atoms with E-state index in [1.165, 1.54) is 0 Å². The first-order chi connectivity index (χ1) is 9.97. The highest BCUT2D eigenvalue weighted by atomic mass is 16.1. The van der Waals surface area contributed by atoms with Crippen molar-refractivity contribution in [3.05, 3.63) is 47.8 Å². The van der Waals surface area contributed by atoms with E-state index < -0.39 is 0 Å². The molecule has 0 aliphatic heterocycles. The molecule has 5 nitrogen and oxygen atoms in total. The van der Waals surface area contributed by atoms with Crippen LogP contribution in [-0.2, 0) is 6.54 Å². The number of anilines is 1. The van der Waals surface area contributed by atoms with Crippen LogP contribution >= 0.6 is 0 Å². The van der Waals surface area contributed by atoms with Crippen molar-refractivity contribution in [1.29, 1.82) is 0 Å².